The van der Waals surface area contributed by atoms with Crippen molar-refractivity contribution < 1.29 is 17.6 Å². The fourth-order valence-corrected chi connectivity index (χ4v) is 3.76. The summed E-state index contributed by atoms with van der Waals surface area (Å²) in [6, 6.07) is 10.1. The SMILES string of the molecule is Cc1ccc(C)c(N([C@@H](C)C(=O)Nc2ccccc2F)S(C)(=O)=O)c1. The van der Waals surface area contributed by atoms with Crippen molar-refractivity contribution >= 4 is 27.3 Å². The lowest BCUT2D eigenvalue weighted by Crippen LogP contribution is -2.45. The van der Waals surface area contributed by atoms with E-state index < -0.39 is 27.8 Å². The van der Waals surface area contributed by atoms with Gasteiger partial charge >= 0.3 is 0 Å². The molecule has 2 aromatic rings. The predicted molar refractivity (Wildman–Crippen MR) is 97.7 cm³/mol. The van der Waals surface area contributed by atoms with E-state index in [1.54, 1.807) is 25.1 Å². The summed E-state index contributed by atoms with van der Waals surface area (Å²) in [5, 5.41) is 2.45. The minimum atomic E-state index is -3.73. The van der Waals surface area contributed by atoms with Gasteiger partial charge in [-0.1, -0.05) is 24.3 Å². The summed E-state index contributed by atoms with van der Waals surface area (Å²) in [5.41, 5.74) is 2.03. The molecule has 0 bridgehead atoms. The molecule has 0 aromatic heterocycles. The van der Waals surface area contributed by atoms with Crippen LogP contribution in [-0.2, 0) is 14.8 Å². The van der Waals surface area contributed by atoms with Crippen molar-refractivity contribution in [3.05, 3.63) is 59.4 Å². The van der Waals surface area contributed by atoms with E-state index >= 15 is 0 Å². The van der Waals surface area contributed by atoms with E-state index in [-0.39, 0.29) is 5.69 Å². The van der Waals surface area contributed by atoms with E-state index in [1.165, 1.54) is 25.1 Å². The van der Waals surface area contributed by atoms with Gasteiger partial charge in [0.2, 0.25) is 15.9 Å². The molecule has 5 nitrogen and oxygen atoms in total. The van der Waals surface area contributed by atoms with Gasteiger partial charge in [0.05, 0.1) is 17.6 Å². The van der Waals surface area contributed by atoms with Crippen molar-refractivity contribution in [2.75, 3.05) is 15.9 Å². The largest absolute Gasteiger partial charge is 0.322 e. The molecule has 0 radical (unpaired) electrons. The van der Waals surface area contributed by atoms with Gasteiger partial charge < -0.3 is 5.32 Å². The Balaban J connectivity index is 2.40. The number of hydrogen-bond acceptors (Lipinski definition) is 3. The van der Waals surface area contributed by atoms with Gasteiger partial charge in [0, 0.05) is 0 Å². The Morgan fingerprint density at radius 2 is 1.80 bits per heavy atom. The lowest BCUT2D eigenvalue weighted by molar-refractivity contribution is -0.116. The Hall–Kier alpha value is -2.41. The minimum Gasteiger partial charge on any atom is -0.322 e. The van der Waals surface area contributed by atoms with Crippen LogP contribution in [0.2, 0.25) is 0 Å². The fourth-order valence-electron chi connectivity index (χ4n) is 2.54. The summed E-state index contributed by atoms with van der Waals surface area (Å²) in [4.78, 5) is 12.5. The minimum absolute atomic E-state index is 0.00812. The molecule has 0 aliphatic rings. The van der Waals surface area contributed by atoms with Crippen LogP contribution in [0.25, 0.3) is 0 Å². The summed E-state index contributed by atoms with van der Waals surface area (Å²) in [6.07, 6.45) is 1.04. The van der Waals surface area contributed by atoms with E-state index in [1.807, 2.05) is 13.0 Å². The van der Waals surface area contributed by atoms with Gasteiger partial charge in [0.25, 0.3) is 0 Å². The number of amides is 1. The maximum atomic E-state index is 13.7. The first kappa shape index (κ1) is 18.9. The number of nitrogens with zero attached hydrogens (tertiary/aromatic N) is 1. The lowest BCUT2D eigenvalue weighted by atomic mass is 10.1. The molecule has 0 aliphatic heterocycles. The molecule has 134 valence electrons. The van der Waals surface area contributed by atoms with E-state index in [0.717, 1.165) is 21.7 Å². The zero-order chi connectivity index (χ0) is 18.8. The molecule has 1 N–H and O–H groups in total. The number of anilines is 2. The van der Waals surface area contributed by atoms with Gasteiger partial charge in [-0.15, -0.1) is 0 Å². The first-order chi connectivity index (χ1) is 11.6. The number of halogens is 1. The Kier molecular flexibility index (Phi) is 5.47. The molecule has 2 rings (SSSR count). The zero-order valence-electron chi connectivity index (χ0n) is 14.6. The smallest absolute Gasteiger partial charge is 0.248 e. The van der Waals surface area contributed by atoms with Crippen LogP contribution in [0.1, 0.15) is 18.1 Å². The molecule has 0 unspecified atom stereocenters. The van der Waals surface area contributed by atoms with Crippen LogP contribution in [-0.4, -0.2) is 26.6 Å². The van der Waals surface area contributed by atoms with Crippen molar-refractivity contribution in [2.24, 2.45) is 0 Å². The third-order valence-corrected chi connectivity index (χ3v) is 5.05. The summed E-state index contributed by atoms with van der Waals surface area (Å²) >= 11 is 0. The van der Waals surface area contributed by atoms with E-state index in [2.05, 4.69) is 5.32 Å². The first-order valence-electron chi connectivity index (χ1n) is 7.73. The molecule has 1 amide bonds. The van der Waals surface area contributed by atoms with Crippen LogP contribution in [0.3, 0.4) is 0 Å². The van der Waals surface area contributed by atoms with Crippen LogP contribution in [0, 0.1) is 19.7 Å². The highest BCUT2D eigenvalue weighted by Crippen LogP contribution is 2.27. The van der Waals surface area contributed by atoms with Crippen molar-refractivity contribution in [1.82, 2.24) is 0 Å². The fraction of sp³-hybridized carbons (Fsp3) is 0.278. The maximum Gasteiger partial charge on any atom is 0.248 e. The molecule has 1 atom stereocenters. The molecule has 0 heterocycles. The van der Waals surface area contributed by atoms with Crippen LogP contribution < -0.4 is 9.62 Å². The molecule has 0 spiro atoms. The predicted octanol–water partition coefficient (Wildman–Crippen LogP) is 3.24. The second-order valence-corrected chi connectivity index (χ2v) is 7.85. The summed E-state index contributed by atoms with van der Waals surface area (Å²) in [6.45, 7) is 5.08. The highest BCUT2D eigenvalue weighted by molar-refractivity contribution is 7.92. The number of sulfonamides is 1. The van der Waals surface area contributed by atoms with Crippen molar-refractivity contribution in [2.45, 2.75) is 26.8 Å². The molecule has 0 saturated heterocycles. The van der Waals surface area contributed by atoms with Gasteiger partial charge in [-0.3, -0.25) is 9.10 Å². The summed E-state index contributed by atoms with van der Waals surface area (Å²) in [5.74, 6) is -1.20. The van der Waals surface area contributed by atoms with Gasteiger partial charge in [0.15, 0.2) is 0 Å². The molecule has 7 heteroatoms. The Labute approximate surface area is 147 Å². The Morgan fingerprint density at radius 1 is 1.16 bits per heavy atom. The number of aryl methyl sites for hydroxylation is 2. The molecule has 0 saturated carbocycles. The number of rotatable bonds is 5. The number of benzene rings is 2. The highest BCUT2D eigenvalue weighted by atomic mass is 32.2. The second kappa shape index (κ2) is 7.23. The Bertz CT molecular complexity index is 897. The van der Waals surface area contributed by atoms with E-state index in [4.69, 9.17) is 0 Å². The Morgan fingerprint density at radius 3 is 2.40 bits per heavy atom. The molecular formula is C18H21FN2O3S. The zero-order valence-corrected chi connectivity index (χ0v) is 15.4. The standard InChI is InChI=1S/C18H21FN2O3S/c1-12-9-10-13(2)17(11-12)21(25(4,23)24)14(3)18(22)20-16-8-6-5-7-15(16)19/h5-11,14H,1-4H3,(H,20,22)/t14-/m0/s1. The quantitative estimate of drug-likeness (QED) is 0.886. The normalized spacial score (nSPS) is 12.5. The summed E-state index contributed by atoms with van der Waals surface area (Å²) < 4.78 is 39.5. The number of hydrogen-bond donors (Lipinski definition) is 1. The van der Waals surface area contributed by atoms with Gasteiger partial charge in [0.1, 0.15) is 11.9 Å². The topological polar surface area (TPSA) is 66.5 Å². The number of carbonyl (C=O) groups excluding carboxylic acids is 1. The average molecular weight is 364 g/mol. The van der Waals surface area contributed by atoms with Crippen molar-refractivity contribution in [3.63, 3.8) is 0 Å². The van der Waals surface area contributed by atoms with Crippen LogP contribution in [0.5, 0.6) is 0 Å². The lowest BCUT2D eigenvalue weighted by Gasteiger charge is -2.29. The van der Waals surface area contributed by atoms with E-state index in [9.17, 15) is 17.6 Å². The maximum absolute atomic E-state index is 13.7. The highest BCUT2D eigenvalue weighted by Gasteiger charge is 2.30. The number of carbonyl (C=O) groups is 1. The van der Waals surface area contributed by atoms with Crippen LogP contribution in [0.4, 0.5) is 15.8 Å². The molecule has 2 aromatic carbocycles. The van der Waals surface area contributed by atoms with Crippen LogP contribution >= 0.6 is 0 Å². The first-order valence-corrected chi connectivity index (χ1v) is 9.58. The number of para-hydroxylation sites is 1. The molecular weight excluding hydrogens is 343 g/mol. The number of nitrogens with one attached hydrogen (secondary N) is 1. The van der Waals surface area contributed by atoms with Gasteiger partial charge in [-0.25, -0.2) is 12.8 Å². The van der Waals surface area contributed by atoms with Gasteiger partial charge in [-0.2, -0.15) is 0 Å². The molecule has 0 aliphatic carbocycles. The average Bonchev–Trinajstić information content (AvgIpc) is 2.51. The monoisotopic (exact) mass is 364 g/mol. The van der Waals surface area contributed by atoms with Gasteiger partial charge in [-0.05, 0) is 50.1 Å². The van der Waals surface area contributed by atoms with E-state index in [0.29, 0.717) is 5.69 Å². The van der Waals surface area contributed by atoms with Crippen LogP contribution in [0.15, 0.2) is 42.5 Å². The third-order valence-electron chi connectivity index (χ3n) is 3.82. The van der Waals surface area contributed by atoms with Crippen molar-refractivity contribution in [1.29, 1.82) is 0 Å². The third kappa shape index (κ3) is 4.36. The van der Waals surface area contributed by atoms with Crippen molar-refractivity contribution in [3.8, 4) is 0 Å². The molecule has 0 fully saturated rings. The second-order valence-electron chi connectivity index (χ2n) is 5.99. The summed E-state index contributed by atoms with van der Waals surface area (Å²) in [7, 11) is -3.73. The molecule has 25 heavy (non-hydrogen) atoms.